The van der Waals surface area contributed by atoms with Crippen molar-refractivity contribution in [2.75, 3.05) is 7.11 Å². The van der Waals surface area contributed by atoms with Crippen LogP contribution in [0.1, 0.15) is 0 Å². The Morgan fingerprint density at radius 3 is 2.29 bits per heavy atom. The molecule has 0 bridgehead atoms. The Kier molecular flexibility index (Phi) is 2.05. The number of ether oxygens (including phenoxy) is 1. The highest BCUT2D eigenvalue weighted by Crippen LogP contribution is 1.72. The zero-order chi connectivity index (χ0) is 5.86. The minimum absolute atomic E-state index is 0.317. The van der Waals surface area contributed by atoms with Crippen LogP contribution in [0.4, 0.5) is 0 Å². The number of hydrogen-bond donors (Lipinski definition) is 1. The summed E-state index contributed by atoms with van der Waals surface area (Å²) in [4.78, 5) is 10.0. The molecule has 0 aliphatic rings. The molecular weight excluding hydrogens is 94.0 g/mol. The smallest absolute Gasteiger partial charge is 0.351 e. The van der Waals surface area contributed by atoms with E-state index < -0.39 is 5.97 Å². The van der Waals surface area contributed by atoms with Gasteiger partial charge < -0.3 is 4.74 Å². The van der Waals surface area contributed by atoms with Crippen LogP contribution in [0.5, 0.6) is 0 Å². The summed E-state index contributed by atoms with van der Waals surface area (Å²) >= 11 is 0. The van der Waals surface area contributed by atoms with E-state index in [0.717, 1.165) is 0 Å². The summed E-state index contributed by atoms with van der Waals surface area (Å²) in [7, 11) is 1.21. The van der Waals surface area contributed by atoms with E-state index in [9.17, 15) is 4.79 Å². The van der Waals surface area contributed by atoms with Gasteiger partial charge in [0.1, 0.15) is 5.71 Å². The molecule has 0 aromatic carbocycles. The van der Waals surface area contributed by atoms with Gasteiger partial charge in [0.2, 0.25) is 0 Å². The van der Waals surface area contributed by atoms with Crippen LogP contribution in [0.25, 0.3) is 0 Å². The molecule has 3 nitrogen and oxygen atoms in total. The lowest BCUT2D eigenvalue weighted by Crippen LogP contribution is -2.09. The van der Waals surface area contributed by atoms with Crippen molar-refractivity contribution >= 4 is 11.7 Å². The van der Waals surface area contributed by atoms with Gasteiger partial charge in [-0.1, -0.05) is 0 Å². The van der Waals surface area contributed by atoms with Crippen molar-refractivity contribution in [2.45, 2.75) is 0 Å². The van der Waals surface area contributed by atoms with Gasteiger partial charge in [-0.3, -0.25) is 5.41 Å². The quantitative estimate of drug-likeness (QED) is 0.373. The lowest BCUT2D eigenvalue weighted by atomic mass is 10.4. The molecule has 0 saturated heterocycles. The number of methoxy groups -OCH3 is 1. The van der Waals surface area contributed by atoms with Gasteiger partial charge in [-0.2, -0.15) is 0 Å². The molecule has 0 unspecified atom stereocenters. The van der Waals surface area contributed by atoms with Gasteiger partial charge in [0.15, 0.2) is 0 Å². The zero-order valence-electron chi connectivity index (χ0n) is 4.02. The summed E-state index contributed by atoms with van der Waals surface area (Å²) < 4.78 is 4.09. The number of esters is 1. The molecule has 0 saturated carbocycles. The van der Waals surface area contributed by atoms with Gasteiger partial charge in [0.25, 0.3) is 0 Å². The molecule has 0 rings (SSSR count). The van der Waals surface area contributed by atoms with Crippen molar-refractivity contribution in [3.63, 3.8) is 0 Å². The molecule has 1 radical (unpaired) electrons. The van der Waals surface area contributed by atoms with Crippen molar-refractivity contribution < 1.29 is 9.53 Å². The summed E-state index contributed by atoms with van der Waals surface area (Å²) in [6, 6.07) is 0. The highest BCUT2D eigenvalue weighted by atomic mass is 16.5. The van der Waals surface area contributed by atoms with Crippen LogP contribution in [0, 0.1) is 12.3 Å². The third-order valence-corrected chi connectivity index (χ3v) is 0.432. The summed E-state index contributed by atoms with van der Waals surface area (Å²) in [5.74, 6) is -0.681. The van der Waals surface area contributed by atoms with Crippen LogP contribution >= 0.6 is 0 Å². The number of carbonyl (C=O) groups excluding carboxylic acids is 1. The number of rotatable bonds is 1. The normalized spacial score (nSPS) is 7.71. The molecule has 3 heteroatoms. The molecule has 0 amide bonds. The Hall–Kier alpha value is -0.860. The number of hydrogen-bond acceptors (Lipinski definition) is 3. The molecule has 39 valence electrons. The lowest BCUT2D eigenvalue weighted by molar-refractivity contribution is -0.132. The van der Waals surface area contributed by atoms with Crippen LogP contribution in [-0.4, -0.2) is 18.8 Å². The fraction of sp³-hybridized carbons (Fsp3) is 0.250. The van der Waals surface area contributed by atoms with Crippen molar-refractivity contribution in [2.24, 2.45) is 0 Å². The lowest BCUT2D eigenvalue weighted by Gasteiger charge is -1.89. The molecule has 0 spiro atoms. The van der Waals surface area contributed by atoms with E-state index in [1.165, 1.54) is 7.11 Å². The van der Waals surface area contributed by atoms with Gasteiger partial charge in [-0.05, 0) is 0 Å². The van der Waals surface area contributed by atoms with Crippen molar-refractivity contribution in [3.05, 3.63) is 6.92 Å². The molecule has 0 heterocycles. The van der Waals surface area contributed by atoms with Gasteiger partial charge in [0, 0.05) is 6.92 Å². The minimum atomic E-state index is -0.681. The van der Waals surface area contributed by atoms with Crippen LogP contribution in [-0.2, 0) is 9.53 Å². The predicted molar refractivity (Wildman–Crippen MR) is 25.1 cm³/mol. The fourth-order valence-corrected chi connectivity index (χ4v) is 0.123. The average molecular weight is 100 g/mol. The average Bonchev–Trinajstić information content (AvgIpc) is 1.65. The van der Waals surface area contributed by atoms with E-state index in [1.54, 1.807) is 0 Å². The van der Waals surface area contributed by atoms with E-state index in [0.29, 0.717) is 0 Å². The molecule has 7 heavy (non-hydrogen) atoms. The van der Waals surface area contributed by atoms with Crippen LogP contribution < -0.4 is 0 Å². The maximum atomic E-state index is 10.0. The molecular formula is C4H6NO2. The first kappa shape index (κ1) is 6.14. The molecule has 0 aromatic heterocycles. The van der Waals surface area contributed by atoms with Gasteiger partial charge in [0.05, 0.1) is 7.11 Å². The third kappa shape index (κ3) is 1.92. The third-order valence-electron chi connectivity index (χ3n) is 0.432. The van der Waals surface area contributed by atoms with Crippen LogP contribution in [0.2, 0.25) is 0 Å². The standard InChI is InChI=1S/C4H6NO2/c1-3(5)4(6)7-2/h5H,1H2,2H3. The first-order valence-corrected chi connectivity index (χ1v) is 1.67. The summed E-state index contributed by atoms with van der Waals surface area (Å²) in [6.07, 6.45) is 0. The first-order valence-electron chi connectivity index (χ1n) is 1.67. The second-order valence-corrected chi connectivity index (χ2v) is 0.970. The summed E-state index contributed by atoms with van der Waals surface area (Å²) in [6.45, 7) is 3.02. The summed E-state index contributed by atoms with van der Waals surface area (Å²) in [5, 5.41) is 6.51. The molecule has 0 aliphatic heterocycles. The van der Waals surface area contributed by atoms with Crippen molar-refractivity contribution in [1.29, 1.82) is 5.41 Å². The maximum absolute atomic E-state index is 10.0. The van der Waals surface area contributed by atoms with Crippen molar-refractivity contribution in [1.82, 2.24) is 0 Å². The largest absolute Gasteiger partial charge is 0.465 e. The topological polar surface area (TPSA) is 50.2 Å². The van der Waals surface area contributed by atoms with Gasteiger partial charge >= 0.3 is 5.97 Å². The Morgan fingerprint density at radius 1 is 1.86 bits per heavy atom. The highest BCUT2D eigenvalue weighted by Gasteiger charge is 1.98. The van der Waals surface area contributed by atoms with E-state index in [1.807, 2.05) is 0 Å². The molecule has 1 N–H and O–H groups in total. The van der Waals surface area contributed by atoms with E-state index in [-0.39, 0.29) is 5.71 Å². The Labute approximate surface area is 41.8 Å². The monoisotopic (exact) mass is 100 g/mol. The predicted octanol–water partition coefficient (Wildman–Crippen LogP) is 0.0133. The Bertz CT molecular complexity index is 97.9. The van der Waals surface area contributed by atoms with Gasteiger partial charge in [-0.15, -0.1) is 0 Å². The summed E-state index contributed by atoms with van der Waals surface area (Å²) in [5.41, 5.74) is -0.317. The first-order chi connectivity index (χ1) is 3.18. The second-order valence-electron chi connectivity index (χ2n) is 0.970. The van der Waals surface area contributed by atoms with E-state index >= 15 is 0 Å². The second kappa shape index (κ2) is 2.34. The molecule has 0 atom stereocenters. The highest BCUT2D eigenvalue weighted by molar-refractivity contribution is 6.36. The zero-order valence-corrected chi connectivity index (χ0v) is 4.02. The van der Waals surface area contributed by atoms with Crippen LogP contribution in [0.3, 0.4) is 0 Å². The SMILES string of the molecule is [CH2]C(=N)C(=O)OC. The van der Waals surface area contributed by atoms with Crippen molar-refractivity contribution in [3.8, 4) is 0 Å². The van der Waals surface area contributed by atoms with E-state index in [2.05, 4.69) is 11.7 Å². The number of nitrogens with one attached hydrogen (secondary N) is 1. The molecule has 0 fully saturated rings. The minimum Gasteiger partial charge on any atom is -0.465 e. The van der Waals surface area contributed by atoms with Crippen LogP contribution in [0.15, 0.2) is 0 Å². The van der Waals surface area contributed by atoms with Gasteiger partial charge in [-0.25, -0.2) is 4.79 Å². The molecule has 0 aromatic rings. The Morgan fingerprint density at radius 2 is 2.29 bits per heavy atom. The molecule has 0 aliphatic carbocycles. The number of carbonyl (C=O) groups is 1. The Balaban J connectivity index is 3.58. The van der Waals surface area contributed by atoms with E-state index in [4.69, 9.17) is 5.41 Å². The fourth-order valence-electron chi connectivity index (χ4n) is 0.123. The maximum Gasteiger partial charge on any atom is 0.351 e.